The molecule has 7 heteroatoms. The first kappa shape index (κ1) is 17.8. The van der Waals surface area contributed by atoms with E-state index in [4.69, 9.17) is 0 Å². The molecular weight excluding hydrogens is 368 g/mol. The van der Waals surface area contributed by atoms with Gasteiger partial charge in [0.15, 0.2) is 0 Å². The summed E-state index contributed by atoms with van der Waals surface area (Å²) in [6, 6.07) is 8.72. The van der Waals surface area contributed by atoms with E-state index in [1.54, 1.807) is 19.2 Å². The minimum atomic E-state index is -0.706. The van der Waals surface area contributed by atoms with Gasteiger partial charge in [-0.15, -0.1) is 0 Å². The Morgan fingerprint density at radius 2 is 1.79 bits per heavy atom. The maximum absolute atomic E-state index is 13.0. The first-order valence-corrected chi connectivity index (χ1v) is 10.0. The van der Waals surface area contributed by atoms with Crippen LogP contribution in [0, 0.1) is 23.7 Å². The number of imide groups is 1. The molecule has 148 valence electrons. The molecule has 2 N–H and O–H groups in total. The molecule has 3 aliphatic carbocycles. The Balaban J connectivity index is 1.28. The van der Waals surface area contributed by atoms with Crippen molar-refractivity contribution in [1.29, 1.82) is 0 Å². The van der Waals surface area contributed by atoms with Crippen molar-refractivity contribution in [1.82, 2.24) is 15.2 Å². The second-order valence-corrected chi connectivity index (χ2v) is 8.07. The number of allylic oxidation sites excluding steroid dienone is 2. The maximum Gasteiger partial charge on any atom is 0.320 e. The molecule has 4 aliphatic rings. The summed E-state index contributed by atoms with van der Waals surface area (Å²) >= 11 is 0. The van der Waals surface area contributed by atoms with Crippen molar-refractivity contribution in [3.8, 4) is 0 Å². The Morgan fingerprint density at radius 3 is 2.45 bits per heavy atom. The lowest BCUT2D eigenvalue weighted by Gasteiger charge is -2.38. The van der Waals surface area contributed by atoms with Crippen molar-refractivity contribution in [2.45, 2.75) is 25.9 Å². The number of anilines is 1. The smallest absolute Gasteiger partial charge is 0.317 e. The average molecular weight is 390 g/mol. The molecule has 1 saturated heterocycles. The predicted molar refractivity (Wildman–Crippen MR) is 108 cm³/mol. The van der Waals surface area contributed by atoms with Crippen molar-refractivity contribution in [2.24, 2.45) is 23.7 Å². The Labute approximate surface area is 168 Å². The zero-order valence-electron chi connectivity index (χ0n) is 16.0. The van der Waals surface area contributed by atoms with Gasteiger partial charge in [-0.05, 0) is 55.9 Å². The summed E-state index contributed by atoms with van der Waals surface area (Å²) in [7, 11) is 0. The third-order valence-electron chi connectivity index (χ3n) is 6.38. The van der Waals surface area contributed by atoms with Gasteiger partial charge >= 0.3 is 6.03 Å². The molecule has 1 aromatic carbocycles. The lowest BCUT2D eigenvalue weighted by atomic mass is 9.63. The van der Waals surface area contributed by atoms with E-state index in [9.17, 15) is 14.4 Å². The number of benzene rings is 1. The van der Waals surface area contributed by atoms with E-state index < -0.39 is 12.2 Å². The summed E-state index contributed by atoms with van der Waals surface area (Å²) < 4.78 is 0. The molecule has 7 nitrogen and oxygen atoms in total. The number of rotatable bonds is 3. The van der Waals surface area contributed by atoms with Crippen LogP contribution in [0.4, 0.5) is 10.5 Å². The number of aromatic nitrogens is 1. The van der Waals surface area contributed by atoms with Crippen LogP contribution in [-0.2, 0) is 9.59 Å². The number of carbonyl (C=O) groups is 3. The lowest BCUT2D eigenvalue weighted by molar-refractivity contribution is -0.142. The molecule has 1 aliphatic heterocycles. The SMILES string of the molecule is C[C@@H](NC(=O)Nc1ccc2ncccc2c1)N1C(=O)[C@@H]2[C@H](C1=O)[C@H]1C=C[C@H]2CC1. The second kappa shape index (κ2) is 6.69. The van der Waals surface area contributed by atoms with E-state index in [1.807, 2.05) is 24.3 Å². The van der Waals surface area contributed by atoms with Crippen LogP contribution in [0.1, 0.15) is 19.8 Å². The summed E-state index contributed by atoms with van der Waals surface area (Å²) in [6.45, 7) is 1.67. The van der Waals surface area contributed by atoms with Gasteiger partial charge in [0, 0.05) is 17.3 Å². The van der Waals surface area contributed by atoms with Gasteiger partial charge in [-0.25, -0.2) is 4.79 Å². The van der Waals surface area contributed by atoms with Gasteiger partial charge in [0.25, 0.3) is 0 Å². The average Bonchev–Trinajstić information content (AvgIpc) is 3.01. The van der Waals surface area contributed by atoms with E-state index in [2.05, 4.69) is 27.8 Å². The van der Waals surface area contributed by atoms with Crippen molar-refractivity contribution in [2.75, 3.05) is 5.32 Å². The highest BCUT2D eigenvalue weighted by Crippen LogP contribution is 2.49. The van der Waals surface area contributed by atoms with Gasteiger partial charge in [-0.1, -0.05) is 18.2 Å². The molecule has 1 saturated carbocycles. The quantitative estimate of drug-likeness (QED) is 0.623. The van der Waals surface area contributed by atoms with Crippen LogP contribution in [-0.4, -0.2) is 33.9 Å². The van der Waals surface area contributed by atoms with Crippen LogP contribution in [0.3, 0.4) is 0 Å². The molecule has 6 rings (SSSR count). The monoisotopic (exact) mass is 390 g/mol. The fourth-order valence-electron chi connectivity index (χ4n) is 5.05. The Hall–Kier alpha value is -3.22. The normalized spacial score (nSPS) is 28.5. The first-order chi connectivity index (χ1) is 14.0. The van der Waals surface area contributed by atoms with Gasteiger partial charge in [-0.3, -0.25) is 19.5 Å². The molecule has 2 fully saturated rings. The number of urea groups is 1. The maximum atomic E-state index is 13.0. The van der Waals surface area contributed by atoms with E-state index in [1.165, 1.54) is 4.90 Å². The number of pyridine rings is 1. The number of carbonyl (C=O) groups excluding carboxylic acids is 3. The molecule has 0 spiro atoms. The zero-order chi connectivity index (χ0) is 20.1. The van der Waals surface area contributed by atoms with Gasteiger partial charge in [0.1, 0.15) is 6.17 Å². The predicted octanol–water partition coefficient (Wildman–Crippen LogP) is 2.90. The molecule has 29 heavy (non-hydrogen) atoms. The highest BCUT2D eigenvalue weighted by Gasteiger charge is 2.57. The molecule has 4 amide bonds. The number of hydrogen-bond acceptors (Lipinski definition) is 4. The van der Waals surface area contributed by atoms with Crippen molar-refractivity contribution in [3.05, 3.63) is 48.7 Å². The van der Waals surface area contributed by atoms with Crippen LogP contribution >= 0.6 is 0 Å². The number of nitrogens with one attached hydrogen (secondary N) is 2. The van der Waals surface area contributed by atoms with E-state index in [0.29, 0.717) is 5.69 Å². The van der Waals surface area contributed by atoms with Gasteiger partial charge in [0.05, 0.1) is 17.4 Å². The van der Waals surface area contributed by atoms with Gasteiger partial charge in [0.2, 0.25) is 11.8 Å². The molecule has 5 atom stereocenters. The standard InChI is InChI=1S/C22H22N4O3/c1-12(24-22(29)25-16-8-9-17-15(11-16)3-2-10-23-17)26-20(27)18-13-4-5-14(7-6-13)19(18)21(26)28/h2-5,8-14,18-19H,6-7H2,1H3,(H2,24,25,29)/t12-,13-,14-,18-,19+/m0/s1. The minimum Gasteiger partial charge on any atom is -0.317 e. The Kier molecular flexibility index (Phi) is 4.12. The highest BCUT2D eigenvalue weighted by atomic mass is 16.2. The first-order valence-electron chi connectivity index (χ1n) is 10.0. The third kappa shape index (κ3) is 2.88. The Morgan fingerprint density at radius 1 is 1.10 bits per heavy atom. The second-order valence-electron chi connectivity index (χ2n) is 8.07. The number of amides is 4. The summed E-state index contributed by atoms with van der Waals surface area (Å²) in [4.78, 5) is 43.9. The summed E-state index contributed by atoms with van der Waals surface area (Å²) in [5.74, 6) is -0.595. The molecule has 1 aromatic heterocycles. The topological polar surface area (TPSA) is 91.4 Å². The summed E-state index contributed by atoms with van der Waals surface area (Å²) in [5, 5.41) is 6.42. The largest absolute Gasteiger partial charge is 0.320 e. The number of likely N-dealkylation sites (tertiary alicyclic amines) is 1. The highest BCUT2D eigenvalue weighted by molar-refractivity contribution is 6.06. The lowest BCUT2D eigenvalue weighted by Crippen LogP contribution is -2.50. The summed E-state index contributed by atoms with van der Waals surface area (Å²) in [5.41, 5.74) is 1.45. The van der Waals surface area contributed by atoms with E-state index >= 15 is 0 Å². The fraction of sp³-hybridized carbons (Fsp3) is 0.364. The molecule has 2 aromatic rings. The van der Waals surface area contributed by atoms with Crippen LogP contribution in [0.5, 0.6) is 0 Å². The zero-order valence-corrected chi connectivity index (χ0v) is 16.0. The number of hydrogen-bond donors (Lipinski definition) is 2. The molecule has 0 radical (unpaired) electrons. The van der Waals surface area contributed by atoms with Crippen LogP contribution < -0.4 is 10.6 Å². The fourth-order valence-corrected chi connectivity index (χ4v) is 5.05. The van der Waals surface area contributed by atoms with Crippen molar-refractivity contribution < 1.29 is 14.4 Å². The molecule has 0 unspecified atom stereocenters. The third-order valence-corrected chi connectivity index (χ3v) is 6.38. The van der Waals surface area contributed by atoms with Crippen molar-refractivity contribution in [3.63, 3.8) is 0 Å². The van der Waals surface area contributed by atoms with Gasteiger partial charge < -0.3 is 10.6 Å². The van der Waals surface area contributed by atoms with Crippen LogP contribution in [0.2, 0.25) is 0 Å². The van der Waals surface area contributed by atoms with E-state index in [0.717, 1.165) is 23.7 Å². The van der Waals surface area contributed by atoms with E-state index in [-0.39, 0.29) is 35.5 Å². The minimum absolute atomic E-state index is 0.138. The van der Waals surface area contributed by atoms with Crippen LogP contribution in [0.15, 0.2) is 48.7 Å². The Bertz CT molecular complexity index is 1020. The van der Waals surface area contributed by atoms with Crippen molar-refractivity contribution >= 4 is 34.4 Å². The molecule has 2 bridgehead atoms. The number of fused-ring (bicyclic) bond motifs is 2. The van der Waals surface area contributed by atoms with Gasteiger partial charge in [-0.2, -0.15) is 0 Å². The number of nitrogens with zero attached hydrogens (tertiary/aromatic N) is 2. The molecular formula is C22H22N4O3. The summed E-state index contributed by atoms with van der Waals surface area (Å²) in [6.07, 6.45) is 7.09. The molecule has 2 heterocycles. The van der Waals surface area contributed by atoms with Crippen LogP contribution in [0.25, 0.3) is 10.9 Å².